The van der Waals surface area contributed by atoms with Crippen molar-refractivity contribution in [1.29, 1.82) is 0 Å². The molecule has 3 aromatic carbocycles. The molecule has 0 fully saturated rings. The predicted molar refractivity (Wildman–Crippen MR) is 131 cm³/mol. The van der Waals surface area contributed by atoms with Gasteiger partial charge in [0.15, 0.2) is 11.3 Å². The van der Waals surface area contributed by atoms with Gasteiger partial charge in [0, 0.05) is 37.1 Å². The summed E-state index contributed by atoms with van der Waals surface area (Å²) >= 11 is 0. The van der Waals surface area contributed by atoms with Crippen LogP contribution in [-0.4, -0.2) is 50.4 Å². The molecule has 0 saturated carbocycles. The van der Waals surface area contributed by atoms with E-state index in [9.17, 15) is 39.9 Å². The van der Waals surface area contributed by atoms with Gasteiger partial charge in [0.2, 0.25) is 11.2 Å². The summed E-state index contributed by atoms with van der Waals surface area (Å²) in [5, 5.41) is 52.6. The van der Waals surface area contributed by atoms with Crippen molar-refractivity contribution in [3.63, 3.8) is 0 Å². The summed E-state index contributed by atoms with van der Waals surface area (Å²) in [6, 6.07) is 3.91. The lowest BCUT2D eigenvalue weighted by atomic mass is 9.79. The minimum absolute atomic E-state index is 0.0423. The topological polar surface area (TPSA) is 184 Å². The highest BCUT2D eigenvalue weighted by Crippen LogP contribution is 2.53. The summed E-state index contributed by atoms with van der Waals surface area (Å²) in [4.78, 5) is 37.8. The number of phenolic OH excluding ortho intramolecular Hbond substituents is 3. The smallest absolute Gasteiger partial charge is 0.344 e. The van der Waals surface area contributed by atoms with Crippen LogP contribution in [0.1, 0.15) is 44.3 Å². The molecular weight excluding hydrogens is 500 g/mol. The number of hydrogen-bond acceptors (Lipinski definition) is 10. The number of aryl methyl sites for hydroxylation is 1. The van der Waals surface area contributed by atoms with Gasteiger partial charge < -0.3 is 39.4 Å². The second-order valence-electron chi connectivity index (χ2n) is 9.52. The predicted octanol–water partition coefficient (Wildman–Crippen LogP) is 3.31. The summed E-state index contributed by atoms with van der Waals surface area (Å²) in [5.41, 5.74) is -1.06. The molecule has 0 bridgehead atoms. The first-order chi connectivity index (χ1) is 18.0. The van der Waals surface area contributed by atoms with Gasteiger partial charge in [-0.25, -0.2) is 9.59 Å². The molecule has 11 nitrogen and oxygen atoms in total. The Morgan fingerprint density at radius 2 is 1.66 bits per heavy atom. The largest absolute Gasteiger partial charge is 0.506 e. The Hall–Kier alpha value is -4.77. The van der Waals surface area contributed by atoms with Crippen LogP contribution in [0.4, 0.5) is 0 Å². The maximum atomic E-state index is 13.5. The van der Waals surface area contributed by atoms with Gasteiger partial charge in [0.1, 0.15) is 44.7 Å². The third-order valence-corrected chi connectivity index (χ3v) is 7.35. The Morgan fingerprint density at radius 3 is 2.34 bits per heavy atom. The lowest BCUT2D eigenvalue weighted by Crippen LogP contribution is -2.40. The molecule has 1 unspecified atom stereocenters. The lowest BCUT2D eigenvalue weighted by Gasteiger charge is -2.34. The van der Waals surface area contributed by atoms with Crippen molar-refractivity contribution >= 4 is 33.9 Å². The number of carboxylic acid groups (broad SMARTS) is 1. The number of phenols is 4. The van der Waals surface area contributed by atoms with E-state index in [1.807, 2.05) is 0 Å². The summed E-state index contributed by atoms with van der Waals surface area (Å²) in [6.45, 7) is 1.59. The van der Waals surface area contributed by atoms with E-state index in [1.54, 1.807) is 13.0 Å². The number of carbonyl (C=O) groups is 2. The number of methoxy groups -OCH3 is 1. The number of aromatic hydroxyl groups is 4. The van der Waals surface area contributed by atoms with E-state index in [4.69, 9.17) is 13.9 Å². The Balaban J connectivity index is 1.70. The molecule has 4 aromatic rings. The lowest BCUT2D eigenvalue weighted by molar-refractivity contribution is -0.177. The molecule has 0 radical (unpaired) electrons. The van der Waals surface area contributed by atoms with Gasteiger partial charge in [-0.05, 0) is 36.1 Å². The van der Waals surface area contributed by atoms with E-state index in [1.165, 1.54) is 13.2 Å². The number of aromatic carboxylic acids is 1. The van der Waals surface area contributed by atoms with Crippen LogP contribution in [0, 0.1) is 0 Å². The van der Waals surface area contributed by atoms with E-state index in [2.05, 4.69) is 0 Å². The highest BCUT2D eigenvalue weighted by Gasteiger charge is 2.41. The number of rotatable bonds is 2. The summed E-state index contributed by atoms with van der Waals surface area (Å²) in [6.07, 6.45) is 0.682. The van der Waals surface area contributed by atoms with Crippen molar-refractivity contribution in [3.05, 3.63) is 56.2 Å². The molecule has 1 aromatic heterocycles. The fraction of sp³-hybridized carbons (Fsp3) is 0.222. The molecule has 0 saturated heterocycles. The quantitative estimate of drug-likeness (QED) is 0.148. The molecule has 11 heteroatoms. The summed E-state index contributed by atoms with van der Waals surface area (Å²) in [5.74, 6) is -6.03. The van der Waals surface area contributed by atoms with Gasteiger partial charge in [0.05, 0.1) is 0 Å². The fourth-order valence-electron chi connectivity index (χ4n) is 5.49. The van der Waals surface area contributed by atoms with Gasteiger partial charge >= 0.3 is 11.9 Å². The van der Waals surface area contributed by atoms with Gasteiger partial charge in [-0.1, -0.05) is 6.07 Å². The number of carbonyl (C=O) groups excluding carboxylic acids is 1. The monoisotopic (exact) mass is 520 g/mol. The number of ether oxygens (including phenoxy) is 2. The molecular formula is C27H20O11. The first kappa shape index (κ1) is 23.6. The van der Waals surface area contributed by atoms with Gasteiger partial charge in [-0.2, -0.15) is 0 Å². The maximum Gasteiger partial charge on any atom is 0.344 e. The normalized spacial score (nSPS) is 18.1. The van der Waals surface area contributed by atoms with E-state index >= 15 is 0 Å². The highest BCUT2D eigenvalue weighted by atomic mass is 16.7. The first-order valence-electron chi connectivity index (χ1n) is 11.6. The molecule has 1 atom stereocenters. The SMILES string of the molecule is COC1(C)Cc2cc3c(c(O)c2C(=O)O1)-c1c(c(O)c2oc4ccc(C(=O)O)c(O)c4c(=O)c2c1O)CC3. The van der Waals surface area contributed by atoms with Crippen molar-refractivity contribution in [1.82, 2.24) is 0 Å². The molecule has 6 rings (SSSR count). The van der Waals surface area contributed by atoms with Crippen LogP contribution in [0.15, 0.2) is 27.4 Å². The van der Waals surface area contributed by atoms with Crippen molar-refractivity contribution < 1.29 is 49.0 Å². The number of carboxylic acids is 1. The minimum Gasteiger partial charge on any atom is -0.506 e. The van der Waals surface area contributed by atoms with Crippen molar-refractivity contribution in [3.8, 4) is 34.1 Å². The van der Waals surface area contributed by atoms with E-state index in [-0.39, 0.29) is 46.3 Å². The Morgan fingerprint density at radius 1 is 0.921 bits per heavy atom. The zero-order valence-electron chi connectivity index (χ0n) is 20.0. The molecule has 2 aliphatic rings. The van der Waals surface area contributed by atoms with Crippen LogP contribution in [0.5, 0.6) is 23.0 Å². The van der Waals surface area contributed by atoms with E-state index in [0.29, 0.717) is 17.5 Å². The summed E-state index contributed by atoms with van der Waals surface area (Å²) in [7, 11) is 1.39. The van der Waals surface area contributed by atoms with E-state index < -0.39 is 62.5 Å². The van der Waals surface area contributed by atoms with E-state index in [0.717, 1.165) is 6.07 Å². The van der Waals surface area contributed by atoms with Crippen LogP contribution in [0.2, 0.25) is 0 Å². The average molecular weight is 520 g/mol. The second kappa shape index (κ2) is 7.62. The number of fused-ring (bicyclic) bond motifs is 6. The molecule has 1 aliphatic heterocycles. The average Bonchev–Trinajstić information content (AvgIpc) is 2.86. The zero-order valence-corrected chi connectivity index (χ0v) is 20.0. The number of benzene rings is 3. The van der Waals surface area contributed by atoms with Crippen molar-refractivity contribution in [2.75, 3.05) is 7.11 Å². The summed E-state index contributed by atoms with van der Waals surface area (Å²) < 4.78 is 16.3. The molecule has 0 amide bonds. The molecule has 38 heavy (non-hydrogen) atoms. The minimum atomic E-state index is -1.48. The molecule has 194 valence electrons. The molecule has 2 heterocycles. The van der Waals surface area contributed by atoms with Crippen LogP contribution in [0.3, 0.4) is 0 Å². The number of hydrogen-bond donors (Lipinski definition) is 5. The highest BCUT2D eigenvalue weighted by molar-refractivity contribution is 6.08. The van der Waals surface area contributed by atoms with Crippen LogP contribution >= 0.6 is 0 Å². The fourth-order valence-corrected chi connectivity index (χ4v) is 5.49. The zero-order chi connectivity index (χ0) is 27.3. The van der Waals surface area contributed by atoms with Gasteiger partial charge in [-0.15, -0.1) is 0 Å². The van der Waals surface area contributed by atoms with Crippen molar-refractivity contribution in [2.24, 2.45) is 0 Å². The first-order valence-corrected chi connectivity index (χ1v) is 11.6. The standard InChI is InChI=1S/C27H20O11/c1-27(36-2)8-10-7-9-3-4-11-16(14(9)21(30)15(10)26(35)38-27)22(31)18-23(32)17-13(37-24(18)20(11)29)6-5-12(19(17)28)25(33)34/h5-7,28-31H,3-4,8H2,1-2H3,(H,33,34). The van der Waals surface area contributed by atoms with Crippen LogP contribution in [0.25, 0.3) is 33.1 Å². The maximum absolute atomic E-state index is 13.5. The van der Waals surface area contributed by atoms with Crippen LogP contribution in [-0.2, 0) is 28.7 Å². The third kappa shape index (κ3) is 2.96. The second-order valence-corrected chi connectivity index (χ2v) is 9.52. The molecule has 0 spiro atoms. The Labute approximate surface area is 212 Å². The Kier molecular flexibility index (Phi) is 4.74. The van der Waals surface area contributed by atoms with Crippen LogP contribution < -0.4 is 5.43 Å². The van der Waals surface area contributed by atoms with Gasteiger partial charge in [-0.3, -0.25) is 4.79 Å². The number of esters is 1. The molecule has 5 N–H and O–H groups in total. The van der Waals surface area contributed by atoms with Crippen molar-refractivity contribution in [2.45, 2.75) is 32.0 Å². The Bertz CT molecular complexity index is 1830. The molecule has 1 aliphatic carbocycles. The number of cyclic esters (lactones) is 1. The van der Waals surface area contributed by atoms with Gasteiger partial charge in [0.25, 0.3) is 0 Å². The third-order valence-electron chi connectivity index (χ3n) is 7.35.